The lowest BCUT2D eigenvalue weighted by molar-refractivity contribution is 0.115. The molecule has 4 heteroatoms. The van der Waals surface area contributed by atoms with Crippen LogP contribution in [0.25, 0.3) is 0 Å². The minimum Gasteiger partial charge on any atom is -0.381 e. The molecule has 58 valence electrons. The molecule has 0 atom stereocenters. The zero-order valence-electron chi connectivity index (χ0n) is 6.46. The van der Waals surface area contributed by atoms with Crippen LogP contribution in [-0.2, 0) is 4.84 Å². The van der Waals surface area contributed by atoms with Crippen LogP contribution in [0.2, 0.25) is 0 Å². The average Bonchev–Trinajstić information content (AvgIpc) is 1.80. The number of hydrogen-bond acceptors (Lipinski definition) is 4. The summed E-state index contributed by atoms with van der Waals surface area (Å²) in [5, 5.41) is 12.4. The van der Waals surface area contributed by atoms with E-state index in [4.69, 9.17) is 0 Å². The minimum absolute atomic E-state index is 0.155. The first-order valence-electron chi connectivity index (χ1n) is 2.85. The van der Waals surface area contributed by atoms with Gasteiger partial charge in [-0.05, 0) is 13.8 Å². The lowest BCUT2D eigenvalue weighted by Crippen LogP contribution is -2.32. The third-order valence-electron chi connectivity index (χ3n) is 0.877. The SMILES string of the molecule is C=NOC(=NC)C(C)(C)O. The van der Waals surface area contributed by atoms with Crippen molar-refractivity contribution in [2.24, 2.45) is 10.1 Å². The maximum atomic E-state index is 9.26. The molecular formula is C6H12N2O2. The Bertz CT molecular complexity index is 146. The maximum Gasteiger partial charge on any atom is 0.251 e. The van der Waals surface area contributed by atoms with E-state index < -0.39 is 5.60 Å². The van der Waals surface area contributed by atoms with Crippen molar-refractivity contribution in [2.45, 2.75) is 19.4 Å². The molecule has 0 saturated carbocycles. The van der Waals surface area contributed by atoms with Crippen molar-refractivity contribution in [3.8, 4) is 0 Å². The zero-order chi connectivity index (χ0) is 8.20. The molecule has 0 aliphatic heterocycles. The molecule has 10 heavy (non-hydrogen) atoms. The first-order valence-corrected chi connectivity index (χ1v) is 2.85. The van der Waals surface area contributed by atoms with Crippen LogP contribution >= 0.6 is 0 Å². The fourth-order valence-electron chi connectivity index (χ4n) is 0.487. The first-order chi connectivity index (χ1) is 4.52. The quantitative estimate of drug-likeness (QED) is 0.347. The van der Waals surface area contributed by atoms with Gasteiger partial charge in [0.1, 0.15) is 5.60 Å². The van der Waals surface area contributed by atoms with Crippen molar-refractivity contribution in [3.63, 3.8) is 0 Å². The zero-order valence-corrected chi connectivity index (χ0v) is 6.46. The Morgan fingerprint density at radius 1 is 1.60 bits per heavy atom. The van der Waals surface area contributed by atoms with Crippen LogP contribution in [0.1, 0.15) is 13.8 Å². The van der Waals surface area contributed by atoms with Crippen molar-refractivity contribution in [1.29, 1.82) is 0 Å². The summed E-state index contributed by atoms with van der Waals surface area (Å²) in [5.74, 6) is 0.155. The number of hydrogen-bond donors (Lipinski definition) is 1. The molecule has 0 aromatic rings. The van der Waals surface area contributed by atoms with Gasteiger partial charge < -0.3 is 9.94 Å². The predicted octanol–water partition coefficient (Wildman–Crippen LogP) is 0.418. The molecule has 0 unspecified atom stereocenters. The fraction of sp³-hybridized carbons (Fsp3) is 0.667. The number of oxime groups is 1. The summed E-state index contributed by atoms with van der Waals surface area (Å²) in [6, 6.07) is 0. The third kappa shape index (κ3) is 2.59. The Labute approximate surface area is 60.2 Å². The second-order valence-corrected chi connectivity index (χ2v) is 2.31. The molecule has 0 bridgehead atoms. The van der Waals surface area contributed by atoms with Gasteiger partial charge >= 0.3 is 0 Å². The topological polar surface area (TPSA) is 54.2 Å². The van der Waals surface area contributed by atoms with Crippen molar-refractivity contribution in [1.82, 2.24) is 0 Å². The highest BCUT2D eigenvalue weighted by atomic mass is 16.6. The molecule has 1 N–H and O–H groups in total. The summed E-state index contributed by atoms with van der Waals surface area (Å²) in [6.45, 7) is 6.21. The summed E-state index contributed by atoms with van der Waals surface area (Å²) in [4.78, 5) is 8.23. The van der Waals surface area contributed by atoms with E-state index in [1.54, 1.807) is 13.8 Å². The van der Waals surface area contributed by atoms with Crippen LogP contribution < -0.4 is 0 Å². The second-order valence-electron chi connectivity index (χ2n) is 2.31. The number of aliphatic hydroxyl groups is 1. The van der Waals surface area contributed by atoms with Crippen molar-refractivity contribution in [3.05, 3.63) is 0 Å². The highest BCUT2D eigenvalue weighted by molar-refractivity contribution is 5.83. The van der Waals surface area contributed by atoms with Gasteiger partial charge in [-0.25, -0.2) is 0 Å². The van der Waals surface area contributed by atoms with Gasteiger partial charge in [0.05, 0.1) is 0 Å². The van der Waals surface area contributed by atoms with Crippen molar-refractivity contribution >= 4 is 12.6 Å². The normalized spacial score (nSPS) is 13.0. The van der Waals surface area contributed by atoms with E-state index in [2.05, 4.69) is 21.7 Å². The predicted molar refractivity (Wildman–Crippen MR) is 40.3 cm³/mol. The van der Waals surface area contributed by atoms with Crippen molar-refractivity contribution < 1.29 is 9.94 Å². The Morgan fingerprint density at radius 3 is 2.20 bits per heavy atom. The van der Waals surface area contributed by atoms with Crippen LogP contribution in [0.5, 0.6) is 0 Å². The van der Waals surface area contributed by atoms with Gasteiger partial charge in [-0.2, -0.15) is 0 Å². The van der Waals surface area contributed by atoms with Crippen LogP contribution in [0.3, 0.4) is 0 Å². The monoisotopic (exact) mass is 144 g/mol. The average molecular weight is 144 g/mol. The Balaban J connectivity index is 4.23. The molecule has 0 heterocycles. The maximum absolute atomic E-state index is 9.26. The molecule has 0 rings (SSSR count). The number of aliphatic imine (C=N–C) groups is 1. The van der Waals surface area contributed by atoms with E-state index in [0.29, 0.717) is 0 Å². The molecule has 0 aliphatic carbocycles. The molecule has 0 spiro atoms. The van der Waals surface area contributed by atoms with E-state index in [1.807, 2.05) is 0 Å². The van der Waals surface area contributed by atoms with Gasteiger partial charge in [-0.15, -0.1) is 0 Å². The summed E-state index contributed by atoms with van der Waals surface area (Å²) in [6.07, 6.45) is 0. The lowest BCUT2D eigenvalue weighted by Gasteiger charge is -2.15. The molecule has 0 amide bonds. The van der Waals surface area contributed by atoms with Gasteiger partial charge in [0.25, 0.3) is 5.90 Å². The van der Waals surface area contributed by atoms with E-state index in [-0.39, 0.29) is 5.90 Å². The molecule has 0 aromatic carbocycles. The highest BCUT2D eigenvalue weighted by Crippen LogP contribution is 2.05. The summed E-state index contributed by atoms with van der Waals surface area (Å²) in [7, 11) is 1.51. The van der Waals surface area contributed by atoms with E-state index >= 15 is 0 Å². The van der Waals surface area contributed by atoms with Crippen LogP contribution in [0, 0.1) is 0 Å². The largest absolute Gasteiger partial charge is 0.381 e. The van der Waals surface area contributed by atoms with E-state index in [9.17, 15) is 5.11 Å². The fourth-order valence-corrected chi connectivity index (χ4v) is 0.487. The Kier molecular flexibility index (Phi) is 3.02. The van der Waals surface area contributed by atoms with Crippen molar-refractivity contribution in [2.75, 3.05) is 7.05 Å². The second kappa shape index (κ2) is 3.31. The summed E-state index contributed by atoms with van der Waals surface area (Å²) < 4.78 is 0. The van der Waals surface area contributed by atoms with E-state index in [0.717, 1.165) is 0 Å². The Hall–Kier alpha value is -0.900. The molecular weight excluding hydrogens is 132 g/mol. The summed E-state index contributed by atoms with van der Waals surface area (Å²) >= 11 is 0. The lowest BCUT2D eigenvalue weighted by atomic mass is 10.1. The molecule has 4 nitrogen and oxygen atoms in total. The van der Waals surface area contributed by atoms with E-state index in [1.165, 1.54) is 7.05 Å². The van der Waals surface area contributed by atoms with Crippen LogP contribution in [-0.4, -0.2) is 30.4 Å². The standard InChI is InChI=1S/C6H12N2O2/c1-6(2,9)5(7-3)10-8-4/h9H,4H2,1-3H3. The molecule has 0 saturated heterocycles. The smallest absolute Gasteiger partial charge is 0.251 e. The highest BCUT2D eigenvalue weighted by Gasteiger charge is 2.22. The van der Waals surface area contributed by atoms with Gasteiger partial charge in [0.2, 0.25) is 0 Å². The molecule has 0 aromatic heterocycles. The van der Waals surface area contributed by atoms with Crippen LogP contribution in [0.15, 0.2) is 10.1 Å². The van der Waals surface area contributed by atoms with Gasteiger partial charge in [-0.1, -0.05) is 5.16 Å². The molecule has 0 fully saturated rings. The third-order valence-corrected chi connectivity index (χ3v) is 0.877. The number of rotatable bonds is 2. The molecule has 0 aliphatic rings. The first kappa shape index (κ1) is 9.10. The number of nitrogens with zero attached hydrogens (tertiary/aromatic N) is 2. The Morgan fingerprint density at radius 2 is 2.10 bits per heavy atom. The van der Waals surface area contributed by atoms with Gasteiger partial charge in [0.15, 0.2) is 0 Å². The summed E-state index contributed by atoms with van der Waals surface area (Å²) in [5.41, 5.74) is -1.09. The molecule has 0 radical (unpaired) electrons. The van der Waals surface area contributed by atoms with Gasteiger partial charge in [-0.3, -0.25) is 4.99 Å². The minimum atomic E-state index is -1.09. The van der Waals surface area contributed by atoms with Crippen LogP contribution in [0.4, 0.5) is 0 Å². The van der Waals surface area contributed by atoms with Gasteiger partial charge in [0, 0.05) is 13.8 Å².